The van der Waals surface area contributed by atoms with Crippen LogP contribution >= 0.6 is 16.3 Å². The molecule has 0 heterocycles. The van der Waals surface area contributed by atoms with Crippen molar-refractivity contribution < 1.29 is 8.93 Å². The molecular formula is C3H7BrO2. The molecule has 0 aliphatic heterocycles. The third-order valence-electron chi connectivity index (χ3n) is 0.304. The Labute approximate surface area is 45.6 Å². The summed E-state index contributed by atoms with van der Waals surface area (Å²) in [4.78, 5) is 0. The fraction of sp³-hybridized carbons (Fsp3) is 1.00. The molecule has 0 aromatic heterocycles. The molecule has 0 amide bonds. The zero-order valence-corrected chi connectivity index (χ0v) is 5.10. The second-order valence-corrected chi connectivity index (χ2v) is 1.58. The van der Waals surface area contributed by atoms with Crippen LogP contribution in [0.15, 0.2) is 0 Å². The number of hydrogen-bond donors (Lipinski definition) is 1. The second kappa shape index (κ2) is 3.59. The van der Waals surface area contributed by atoms with E-state index in [4.69, 9.17) is 5.11 Å². The Morgan fingerprint density at radius 2 is 2.50 bits per heavy atom. The lowest BCUT2D eigenvalue weighted by molar-refractivity contribution is 0.140. The zero-order chi connectivity index (χ0) is 4.99. The smallest absolute Gasteiger partial charge is 0.0988 e. The van der Waals surface area contributed by atoms with E-state index >= 15 is 0 Å². The molecule has 0 bridgehead atoms. The van der Waals surface area contributed by atoms with E-state index in [9.17, 15) is 0 Å². The molecular weight excluding hydrogens is 148 g/mol. The number of rotatable bonds is 2. The lowest BCUT2D eigenvalue weighted by Gasteiger charge is -1.95. The molecule has 3 heteroatoms. The van der Waals surface area contributed by atoms with Gasteiger partial charge in [0, 0.05) is 0 Å². The van der Waals surface area contributed by atoms with Gasteiger partial charge < -0.3 is 8.93 Å². The van der Waals surface area contributed by atoms with Gasteiger partial charge in [-0.25, -0.2) is 0 Å². The SMILES string of the molecule is CC(O)COBr. The molecule has 1 unspecified atom stereocenters. The van der Waals surface area contributed by atoms with Crippen molar-refractivity contribution in [3.8, 4) is 0 Å². The molecule has 6 heavy (non-hydrogen) atoms. The maximum absolute atomic E-state index is 8.40. The van der Waals surface area contributed by atoms with Gasteiger partial charge in [0.2, 0.25) is 0 Å². The maximum atomic E-state index is 8.40. The van der Waals surface area contributed by atoms with Gasteiger partial charge in [0.1, 0.15) is 0 Å². The lowest BCUT2D eigenvalue weighted by Crippen LogP contribution is -2.04. The van der Waals surface area contributed by atoms with Crippen LogP contribution in [-0.2, 0) is 3.83 Å². The average molecular weight is 155 g/mol. The van der Waals surface area contributed by atoms with Crippen molar-refractivity contribution in [2.75, 3.05) is 6.61 Å². The van der Waals surface area contributed by atoms with Gasteiger partial charge in [-0.2, -0.15) is 0 Å². The summed E-state index contributed by atoms with van der Waals surface area (Å²) in [6.45, 7) is 2.00. The summed E-state index contributed by atoms with van der Waals surface area (Å²) in [5, 5.41) is 8.40. The summed E-state index contributed by atoms with van der Waals surface area (Å²) in [6.07, 6.45) is -0.371. The predicted octanol–water partition coefficient (Wildman–Crippen LogP) is 0.694. The largest absolute Gasteiger partial charge is 0.391 e. The van der Waals surface area contributed by atoms with Crippen molar-refractivity contribution in [3.05, 3.63) is 0 Å². The fourth-order valence-electron chi connectivity index (χ4n) is 0.0912. The highest BCUT2D eigenvalue weighted by atomic mass is 79.9. The number of aliphatic hydroxyl groups is 1. The Balaban J connectivity index is 2.63. The van der Waals surface area contributed by atoms with E-state index in [2.05, 4.69) is 20.1 Å². The molecule has 0 rings (SSSR count). The Morgan fingerprint density at radius 1 is 2.00 bits per heavy atom. The molecule has 0 aliphatic rings. The molecule has 38 valence electrons. The van der Waals surface area contributed by atoms with Crippen LogP contribution in [0.2, 0.25) is 0 Å². The first kappa shape index (κ1) is 6.40. The first-order chi connectivity index (χ1) is 2.77. The summed E-state index contributed by atoms with van der Waals surface area (Å²) >= 11 is 2.69. The Bertz CT molecular complexity index is 30.0. The highest BCUT2D eigenvalue weighted by Crippen LogP contribution is 1.86. The Hall–Kier alpha value is 0.400. The van der Waals surface area contributed by atoms with Crippen LogP contribution in [-0.4, -0.2) is 17.8 Å². The van der Waals surface area contributed by atoms with Gasteiger partial charge in [-0.05, 0) is 6.92 Å². The quantitative estimate of drug-likeness (QED) is 0.635. The molecule has 0 aromatic rings. The van der Waals surface area contributed by atoms with Crippen molar-refractivity contribution in [3.63, 3.8) is 0 Å². The predicted molar refractivity (Wildman–Crippen MR) is 26.6 cm³/mol. The van der Waals surface area contributed by atoms with Crippen molar-refractivity contribution in [1.82, 2.24) is 0 Å². The molecule has 0 radical (unpaired) electrons. The van der Waals surface area contributed by atoms with E-state index in [1.54, 1.807) is 6.92 Å². The second-order valence-electron chi connectivity index (χ2n) is 1.12. The number of hydrogen-bond acceptors (Lipinski definition) is 2. The third-order valence-corrected chi connectivity index (χ3v) is 0.569. The zero-order valence-electron chi connectivity index (χ0n) is 3.52. The highest BCUT2D eigenvalue weighted by molar-refractivity contribution is 9.06. The molecule has 2 nitrogen and oxygen atoms in total. The molecule has 0 saturated heterocycles. The summed E-state index contributed by atoms with van der Waals surface area (Å²) in [5.74, 6) is 0. The van der Waals surface area contributed by atoms with E-state index in [-0.39, 0.29) is 6.10 Å². The summed E-state index contributed by atoms with van der Waals surface area (Å²) in [6, 6.07) is 0. The van der Waals surface area contributed by atoms with Crippen LogP contribution in [0.25, 0.3) is 0 Å². The first-order valence-corrected chi connectivity index (χ1v) is 2.33. The van der Waals surface area contributed by atoms with Crippen LogP contribution in [0.4, 0.5) is 0 Å². The van der Waals surface area contributed by atoms with Gasteiger partial charge in [0.15, 0.2) is 0 Å². The van der Waals surface area contributed by atoms with Crippen LogP contribution in [0.1, 0.15) is 6.92 Å². The van der Waals surface area contributed by atoms with Crippen LogP contribution in [0, 0.1) is 0 Å². The molecule has 1 atom stereocenters. The summed E-state index contributed by atoms with van der Waals surface area (Å²) in [7, 11) is 0. The van der Waals surface area contributed by atoms with Crippen molar-refractivity contribution in [2.24, 2.45) is 0 Å². The van der Waals surface area contributed by atoms with Crippen LogP contribution in [0.5, 0.6) is 0 Å². The van der Waals surface area contributed by atoms with E-state index in [1.807, 2.05) is 0 Å². The first-order valence-electron chi connectivity index (χ1n) is 1.69. The number of halogens is 1. The van der Waals surface area contributed by atoms with Gasteiger partial charge >= 0.3 is 0 Å². The van der Waals surface area contributed by atoms with E-state index in [0.717, 1.165) is 0 Å². The van der Waals surface area contributed by atoms with Crippen LogP contribution in [0.3, 0.4) is 0 Å². The topological polar surface area (TPSA) is 29.5 Å². The fourth-order valence-corrected chi connectivity index (χ4v) is 0.474. The molecule has 0 spiro atoms. The van der Waals surface area contributed by atoms with E-state index in [1.165, 1.54) is 0 Å². The Kier molecular flexibility index (Phi) is 3.82. The van der Waals surface area contributed by atoms with Crippen molar-refractivity contribution in [1.29, 1.82) is 0 Å². The molecule has 0 fully saturated rings. The standard InChI is InChI=1S/C3H7BrO2/c1-3(5)2-6-4/h3,5H,2H2,1H3. The minimum Gasteiger partial charge on any atom is -0.391 e. The molecule has 0 aromatic carbocycles. The Morgan fingerprint density at radius 3 is 2.50 bits per heavy atom. The molecule has 0 saturated carbocycles. The van der Waals surface area contributed by atoms with Gasteiger partial charge in [-0.1, -0.05) is 0 Å². The average Bonchev–Trinajstić information content (AvgIpc) is 1.35. The van der Waals surface area contributed by atoms with Crippen molar-refractivity contribution in [2.45, 2.75) is 13.0 Å². The minimum atomic E-state index is -0.371. The maximum Gasteiger partial charge on any atom is 0.0988 e. The lowest BCUT2D eigenvalue weighted by atomic mass is 10.5. The minimum absolute atomic E-state index is 0.347. The summed E-state index contributed by atoms with van der Waals surface area (Å²) < 4.78 is 4.37. The van der Waals surface area contributed by atoms with Crippen molar-refractivity contribution >= 4 is 16.3 Å². The van der Waals surface area contributed by atoms with Gasteiger partial charge in [0.25, 0.3) is 0 Å². The van der Waals surface area contributed by atoms with Gasteiger partial charge in [-0.15, -0.1) is 0 Å². The summed E-state index contributed by atoms with van der Waals surface area (Å²) in [5.41, 5.74) is 0. The molecule has 0 aliphatic carbocycles. The normalized spacial score (nSPS) is 14.5. The highest BCUT2D eigenvalue weighted by Gasteiger charge is 1.89. The van der Waals surface area contributed by atoms with E-state index in [0.29, 0.717) is 6.61 Å². The molecule has 1 N–H and O–H groups in total. The van der Waals surface area contributed by atoms with Crippen LogP contribution < -0.4 is 0 Å². The third kappa shape index (κ3) is 4.40. The van der Waals surface area contributed by atoms with Gasteiger partial charge in [-0.3, -0.25) is 0 Å². The van der Waals surface area contributed by atoms with Gasteiger partial charge in [0.05, 0.1) is 29.0 Å². The van der Waals surface area contributed by atoms with E-state index < -0.39 is 0 Å². The monoisotopic (exact) mass is 154 g/mol. The number of aliphatic hydroxyl groups excluding tert-OH is 1.